The number of ether oxygens (including phenoxy) is 1. The van der Waals surface area contributed by atoms with Crippen LogP contribution in [0, 0.1) is 23.7 Å². The lowest BCUT2D eigenvalue weighted by molar-refractivity contribution is -0.157. The third kappa shape index (κ3) is 3.68. The highest BCUT2D eigenvalue weighted by molar-refractivity contribution is 5.72. The van der Waals surface area contributed by atoms with E-state index in [0.29, 0.717) is 18.3 Å². The van der Waals surface area contributed by atoms with Crippen molar-refractivity contribution in [1.29, 1.82) is 0 Å². The van der Waals surface area contributed by atoms with Crippen LogP contribution >= 0.6 is 0 Å². The molecular weight excluding hydrogens is 276 g/mol. The first-order valence-corrected chi connectivity index (χ1v) is 8.60. The van der Waals surface area contributed by atoms with Gasteiger partial charge in [0, 0.05) is 12.3 Å². The summed E-state index contributed by atoms with van der Waals surface area (Å²) in [4.78, 5) is 23.0. The minimum absolute atomic E-state index is 0.0365. The predicted molar refractivity (Wildman–Crippen MR) is 87.2 cm³/mol. The second-order valence-electron chi connectivity index (χ2n) is 6.72. The van der Waals surface area contributed by atoms with E-state index in [1.165, 1.54) is 5.57 Å². The molecule has 2 aliphatic carbocycles. The van der Waals surface area contributed by atoms with Crippen molar-refractivity contribution in [3.63, 3.8) is 0 Å². The summed E-state index contributed by atoms with van der Waals surface area (Å²) in [6.07, 6.45) is 11.8. The van der Waals surface area contributed by atoms with Crippen molar-refractivity contribution in [2.75, 3.05) is 0 Å². The molecule has 2 rings (SSSR count). The summed E-state index contributed by atoms with van der Waals surface area (Å²) in [5.41, 5.74) is 1.29. The third-order valence-electron chi connectivity index (χ3n) is 5.25. The number of fused-ring (bicyclic) bond motifs is 1. The molecule has 22 heavy (non-hydrogen) atoms. The normalized spacial score (nSPS) is 31.9. The Bertz CT molecular complexity index is 463. The number of aldehydes is 1. The summed E-state index contributed by atoms with van der Waals surface area (Å²) in [5, 5.41) is 0. The lowest BCUT2D eigenvalue weighted by atomic mass is 9.67. The monoisotopic (exact) mass is 304 g/mol. The van der Waals surface area contributed by atoms with Gasteiger partial charge in [0.2, 0.25) is 0 Å². The Morgan fingerprint density at radius 3 is 2.95 bits per heavy atom. The molecule has 0 spiro atoms. The molecule has 0 amide bonds. The number of carbonyl (C=O) groups is 2. The van der Waals surface area contributed by atoms with Gasteiger partial charge in [0.1, 0.15) is 12.4 Å². The van der Waals surface area contributed by atoms with E-state index in [-0.39, 0.29) is 23.9 Å². The molecule has 0 aromatic carbocycles. The first-order chi connectivity index (χ1) is 10.6. The molecule has 0 N–H and O–H groups in total. The van der Waals surface area contributed by atoms with Crippen LogP contribution in [0.2, 0.25) is 0 Å². The molecule has 0 aromatic rings. The lowest BCUT2D eigenvalue weighted by Crippen LogP contribution is -2.40. The molecule has 0 aliphatic heterocycles. The molecule has 3 nitrogen and oxygen atoms in total. The van der Waals surface area contributed by atoms with Crippen LogP contribution in [-0.2, 0) is 14.3 Å². The van der Waals surface area contributed by atoms with Gasteiger partial charge < -0.3 is 9.53 Å². The summed E-state index contributed by atoms with van der Waals surface area (Å²) in [6, 6.07) is 0. The predicted octanol–water partition coefficient (Wildman–Crippen LogP) is 4.08. The SMILES string of the molecule is CC[C@H](C)C(=O)O[C@H]1CCC=C2C=C[C@H](C)[C@H](CCC=O)[C@H]21. The maximum atomic E-state index is 12.2. The smallest absolute Gasteiger partial charge is 0.308 e. The van der Waals surface area contributed by atoms with E-state index in [4.69, 9.17) is 4.74 Å². The van der Waals surface area contributed by atoms with E-state index in [1.54, 1.807) is 0 Å². The van der Waals surface area contributed by atoms with Gasteiger partial charge in [-0.05, 0) is 43.1 Å². The Hall–Kier alpha value is -1.38. The van der Waals surface area contributed by atoms with Gasteiger partial charge in [-0.15, -0.1) is 0 Å². The topological polar surface area (TPSA) is 43.4 Å². The maximum Gasteiger partial charge on any atom is 0.308 e. The number of hydrogen-bond acceptors (Lipinski definition) is 3. The van der Waals surface area contributed by atoms with Crippen molar-refractivity contribution in [2.45, 2.75) is 59.0 Å². The summed E-state index contributed by atoms with van der Waals surface area (Å²) >= 11 is 0. The fourth-order valence-electron chi connectivity index (χ4n) is 3.65. The number of carbonyl (C=O) groups excluding carboxylic acids is 2. The van der Waals surface area contributed by atoms with Gasteiger partial charge in [-0.3, -0.25) is 4.79 Å². The van der Waals surface area contributed by atoms with Crippen LogP contribution in [0.3, 0.4) is 0 Å². The van der Waals surface area contributed by atoms with Gasteiger partial charge in [-0.2, -0.15) is 0 Å². The molecule has 0 heterocycles. The van der Waals surface area contributed by atoms with Crippen LogP contribution in [0.15, 0.2) is 23.8 Å². The molecule has 0 saturated carbocycles. The maximum absolute atomic E-state index is 12.2. The van der Waals surface area contributed by atoms with Gasteiger partial charge in [0.25, 0.3) is 0 Å². The Kier molecular flexibility index (Phi) is 5.98. The molecule has 3 heteroatoms. The van der Waals surface area contributed by atoms with E-state index < -0.39 is 0 Å². The first kappa shape index (κ1) is 17.0. The van der Waals surface area contributed by atoms with Gasteiger partial charge in [0.15, 0.2) is 0 Å². The standard InChI is InChI=1S/C19H28O3/c1-4-13(2)19(21)22-17-9-5-7-15-11-10-14(3)16(18(15)17)8-6-12-20/h7,10-14,16-18H,4-6,8-9H2,1-3H3/t13-,14-,16-,17-,18-/m0/s1. The largest absolute Gasteiger partial charge is 0.461 e. The van der Waals surface area contributed by atoms with Crippen LogP contribution < -0.4 is 0 Å². The second kappa shape index (κ2) is 7.75. The van der Waals surface area contributed by atoms with Crippen molar-refractivity contribution in [3.05, 3.63) is 23.8 Å². The van der Waals surface area contributed by atoms with Crippen LogP contribution in [0.5, 0.6) is 0 Å². The van der Waals surface area contributed by atoms with E-state index >= 15 is 0 Å². The molecule has 0 unspecified atom stereocenters. The Morgan fingerprint density at radius 1 is 1.50 bits per heavy atom. The average molecular weight is 304 g/mol. The number of esters is 1. The highest BCUT2D eigenvalue weighted by atomic mass is 16.5. The number of rotatable bonds is 6. The van der Waals surface area contributed by atoms with Crippen molar-refractivity contribution in [1.82, 2.24) is 0 Å². The lowest BCUT2D eigenvalue weighted by Gasteiger charge is -2.41. The minimum Gasteiger partial charge on any atom is -0.461 e. The fraction of sp³-hybridized carbons (Fsp3) is 0.684. The zero-order valence-electron chi connectivity index (χ0n) is 14.0. The van der Waals surface area contributed by atoms with Crippen molar-refractivity contribution in [3.8, 4) is 0 Å². The molecular formula is C19H28O3. The van der Waals surface area contributed by atoms with Crippen LogP contribution in [0.4, 0.5) is 0 Å². The number of allylic oxidation sites excluding steroid dienone is 3. The quantitative estimate of drug-likeness (QED) is 0.548. The molecule has 0 saturated heterocycles. The zero-order chi connectivity index (χ0) is 16.1. The molecule has 0 bridgehead atoms. The Labute approximate surface area is 133 Å². The number of hydrogen-bond donors (Lipinski definition) is 0. The first-order valence-electron chi connectivity index (χ1n) is 8.60. The summed E-state index contributed by atoms with van der Waals surface area (Å²) < 4.78 is 5.87. The van der Waals surface area contributed by atoms with E-state index in [9.17, 15) is 9.59 Å². The highest BCUT2D eigenvalue weighted by Gasteiger charge is 2.39. The second-order valence-corrected chi connectivity index (χ2v) is 6.72. The van der Waals surface area contributed by atoms with Gasteiger partial charge in [0.05, 0.1) is 5.92 Å². The van der Waals surface area contributed by atoms with Crippen LogP contribution in [-0.4, -0.2) is 18.4 Å². The zero-order valence-corrected chi connectivity index (χ0v) is 14.0. The van der Waals surface area contributed by atoms with Gasteiger partial charge >= 0.3 is 5.97 Å². The van der Waals surface area contributed by atoms with Crippen LogP contribution in [0.25, 0.3) is 0 Å². The Morgan fingerprint density at radius 2 is 2.27 bits per heavy atom. The van der Waals surface area contributed by atoms with Crippen LogP contribution in [0.1, 0.15) is 52.9 Å². The molecule has 122 valence electrons. The minimum atomic E-state index is -0.0786. The van der Waals surface area contributed by atoms with Crippen molar-refractivity contribution in [2.24, 2.45) is 23.7 Å². The molecule has 5 atom stereocenters. The van der Waals surface area contributed by atoms with E-state index in [0.717, 1.165) is 32.0 Å². The molecule has 0 aromatic heterocycles. The van der Waals surface area contributed by atoms with E-state index in [1.807, 2.05) is 13.8 Å². The molecule has 2 aliphatic rings. The Balaban J connectivity index is 2.17. The van der Waals surface area contributed by atoms with Crippen molar-refractivity contribution >= 4 is 12.3 Å². The summed E-state index contributed by atoms with van der Waals surface area (Å²) in [7, 11) is 0. The molecule has 0 radical (unpaired) electrons. The molecule has 0 fully saturated rings. The summed E-state index contributed by atoms with van der Waals surface area (Å²) in [6.45, 7) is 6.14. The van der Waals surface area contributed by atoms with Gasteiger partial charge in [-0.25, -0.2) is 0 Å². The van der Waals surface area contributed by atoms with Crippen molar-refractivity contribution < 1.29 is 14.3 Å². The summed E-state index contributed by atoms with van der Waals surface area (Å²) in [5.74, 6) is 0.938. The average Bonchev–Trinajstić information content (AvgIpc) is 2.53. The van der Waals surface area contributed by atoms with Gasteiger partial charge in [-0.1, -0.05) is 39.0 Å². The third-order valence-corrected chi connectivity index (χ3v) is 5.25. The highest BCUT2D eigenvalue weighted by Crippen LogP contribution is 2.43. The fourth-order valence-corrected chi connectivity index (χ4v) is 3.65. The van der Waals surface area contributed by atoms with E-state index in [2.05, 4.69) is 25.2 Å².